The van der Waals surface area contributed by atoms with E-state index < -0.39 is 0 Å². The molecule has 0 aromatic heterocycles. The highest BCUT2D eigenvalue weighted by Crippen LogP contribution is 2.28. The van der Waals surface area contributed by atoms with Crippen LogP contribution >= 0.6 is 0 Å². The van der Waals surface area contributed by atoms with E-state index in [-0.39, 0.29) is 18.4 Å². The number of hydrogen-bond acceptors (Lipinski definition) is 3. The third-order valence-electron chi connectivity index (χ3n) is 5.20. The van der Waals surface area contributed by atoms with E-state index in [2.05, 4.69) is 5.32 Å². The first-order valence-electron chi connectivity index (χ1n) is 9.93. The Kier molecular flexibility index (Phi) is 5.47. The second kappa shape index (κ2) is 8.35. The van der Waals surface area contributed by atoms with E-state index in [4.69, 9.17) is 4.74 Å². The van der Waals surface area contributed by atoms with Gasteiger partial charge < -0.3 is 15.0 Å². The third kappa shape index (κ3) is 4.40. The lowest BCUT2D eigenvalue weighted by atomic mass is 10.1. The Morgan fingerprint density at radius 1 is 1.03 bits per heavy atom. The van der Waals surface area contributed by atoms with Crippen LogP contribution in [0.4, 0.5) is 11.4 Å². The van der Waals surface area contributed by atoms with Crippen LogP contribution < -0.4 is 15.0 Å². The molecule has 0 bridgehead atoms. The van der Waals surface area contributed by atoms with E-state index in [1.165, 1.54) is 0 Å². The summed E-state index contributed by atoms with van der Waals surface area (Å²) in [5.74, 6) is 0.558. The maximum absolute atomic E-state index is 12.4. The largest absolute Gasteiger partial charge is 0.484 e. The van der Waals surface area contributed by atoms with Gasteiger partial charge in [0.05, 0.1) is 0 Å². The number of amides is 2. The lowest BCUT2D eigenvalue weighted by Gasteiger charge is -2.28. The summed E-state index contributed by atoms with van der Waals surface area (Å²) in [7, 11) is 0. The summed E-state index contributed by atoms with van der Waals surface area (Å²) in [5, 5.41) is 5.07. The van der Waals surface area contributed by atoms with Gasteiger partial charge in [-0.05, 0) is 60.4 Å². The van der Waals surface area contributed by atoms with Gasteiger partial charge in [-0.15, -0.1) is 0 Å². The number of rotatable bonds is 5. The summed E-state index contributed by atoms with van der Waals surface area (Å²) >= 11 is 0. The molecule has 3 aromatic carbocycles. The quantitative estimate of drug-likeness (QED) is 0.690. The van der Waals surface area contributed by atoms with Gasteiger partial charge in [0.1, 0.15) is 5.75 Å². The number of nitrogens with zero attached hydrogens (tertiary/aromatic N) is 1. The van der Waals surface area contributed by atoms with E-state index in [1.54, 1.807) is 0 Å². The molecule has 0 spiro atoms. The van der Waals surface area contributed by atoms with Crippen LogP contribution in [0.15, 0.2) is 60.7 Å². The van der Waals surface area contributed by atoms with Crippen LogP contribution in [-0.2, 0) is 9.59 Å². The number of benzene rings is 3. The minimum atomic E-state index is -0.238. The van der Waals surface area contributed by atoms with Gasteiger partial charge in [-0.25, -0.2) is 0 Å². The number of piperidine rings is 1. The number of hydrogen-bond donors (Lipinski definition) is 1. The normalized spacial score (nSPS) is 14.1. The molecule has 29 heavy (non-hydrogen) atoms. The number of carbonyl (C=O) groups excluding carboxylic acids is 2. The number of fused-ring (bicyclic) bond motifs is 1. The molecule has 3 aromatic rings. The molecule has 1 saturated heterocycles. The molecule has 0 aliphatic carbocycles. The molecule has 0 atom stereocenters. The van der Waals surface area contributed by atoms with Crippen molar-refractivity contribution in [2.24, 2.45) is 0 Å². The van der Waals surface area contributed by atoms with E-state index >= 15 is 0 Å². The second-order valence-corrected chi connectivity index (χ2v) is 7.35. The van der Waals surface area contributed by atoms with E-state index in [0.29, 0.717) is 17.9 Å². The van der Waals surface area contributed by atoms with E-state index in [9.17, 15) is 9.59 Å². The van der Waals surface area contributed by atoms with Gasteiger partial charge >= 0.3 is 0 Å². The van der Waals surface area contributed by atoms with E-state index in [1.807, 2.05) is 72.5 Å². The van der Waals surface area contributed by atoms with Crippen molar-refractivity contribution in [1.29, 1.82) is 0 Å². The first kappa shape index (κ1) is 19.0. The van der Waals surface area contributed by atoms with Crippen molar-refractivity contribution in [2.45, 2.75) is 26.2 Å². The Morgan fingerprint density at radius 2 is 1.86 bits per heavy atom. The fourth-order valence-electron chi connectivity index (χ4n) is 3.64. The molecule has 1 N–H and O–H groups in total. The third-order valence-corrected chi connectivity index (χ3v) is 5.20. The molecule has 2 amide bonds. The molecule has 1 fully saturated rings. The first-order chi connectivity index (χ1) is 14.1. The maximum atomic E-state index is 12.4. The van der Waals surface area contributed by atoms with Crippen LogP contribution in [0, 0.1) is 6.92 Å². The number of carbonyl (C=O) groups is 2. The molecule has 148 valence electrons. The average molecular weight is 388 g/mol. The summed E-state index contributed by atoms with van der Waals surface area (Å²) < 4.78 is 5.66. The Balaban J connectivity index is 1.41. The summed E-state index contributed by atoms with van der Waals surface area (Å²) in [6.07, 6.45) is 2.52. The van der Waals surface area contributed by atoms with Gasteiger partial charge in [0.15, 0.2) is 6.61 Å². The zero-order valence-electron chi connectivity index (χ0n) is 16.5. The number of aryl methyl sites for hydroxylation is 1. The highest BCUT2D eigenvalue weighted by molar-refractivity contribution is 5.97. The standard InChI is InChI=1S/C24H24N2O3/c1-17-9-11-20(15-22(17)26-13-5-4-8-24(26)28)25-23(27)16-29-21-12-10-18-6-2-3-7-19(18)14-21/h2-3,6-7,9-12,14-15H,4-5,8,13,16H2,1H3,(H,25,27). The van der Waals surface area contributed by atoms with Gasteiger partial charge in [-0.3, -0.25) is 9.59 Å². The molecule has 5 nitrogen and oxygen atoms in total. The zero-order valence-corrected chi connectivity index (χ0v) is 16.5. The Labute approximate surface area is 170 Å². The average Bonchev–Trinajstić information content (AvgIpc) is 2.74. The van der Waals surface area contributed by atoms with Crippen molar-refractivity contribution >= 4 is 34.0 Å². The van der Waals surface area contributed by atoms with Gasteiger partial charge in [0.25, 0.3) is 5.91 Å². The first-order valence-corrected chi connectivity index (χ1v) is 9.93. The van der Waals surface area contributed by atoms with Crippen molar-refractivity contribution in [3.8, 4) is 5.75 Å². The summed E-state index contributed by atoms with van der Waals surface area (Å²) in [6, 6.07) is 19.4. The van der Waals surface area contributed by atoms with E-state index in [0.717, 1.165) is 41.4 Å². The molecule has 0 saturated carbocycles. The molecule has 5 heteroatoms. The predicted molar refractivity (Wildman–Crippen MR) is 115 cm³/mol. The van der Waals surface area contributed by atoms with Crippen LogP contribution in [-0.4, -0.2) is 25.0 Å². The molecule has 0 unspecified atom stereocenters. The summed E-state index contributed by atoms with van der Waals surface area (Å²) in [6.45, 7) is 2.62. The van der Waals surface area contributed by atoms with Gasteiger partial charge in [0, 0.05) is 24.3 Å². The van der Waals surface area contributed by atoms with Crippen LogP contribution in [0.3, 0.4) is 0 Å². The van der Waals surface area contributed by atoms with Crippen LogP contribution in [0.1, 0.15) is 24.8 Å². The Bertz CT molecular complexity index is 1060. The molecule has 0 radical (unpaired) electrons. The van der Waals surface area contributed by atoms with Crippen LogP contribution in [0.25, 0.3) is 10.8 Å². The second-order valence-electron chi connectivity index (χ2n) is 7.35. The van der Waals surface area contributed by atoms with Crippen molar-refractivity contribution in [3.05, 3.63) is 66.2 Å². The molecule has 1 heterocycles. The molecular formula is C24H24N2O3. The number of ether oxygens (including phenoxy) is 1. The summed E-state index contributed by atoms with van der Waals surface area (Å²) in [4.78, 5) is 26.4. The highest BCUT2D eigenvalue weighted by atomic mass is 16.5. The highest BCUT2D eigenvalue weighted by Gasteiger charge is 2.21. The lowest BCUT2D eigenvalue weighted by molar-refractivity contribution is -0.119. The topological polar surface area (TPSA) is 58.6 Å². The van der Waals surface area contributed by atoms with Crippen molar-refractivity contribution in [3.63, 3.8) is 0 Å². The van der Waals surface area contributed by atoms with Gasteiger partial charge in [-0.2, -0.15) is 0 Å². The molecule has 4 rings (SSSR count). The fourth-order valence-corrected chi connectivity index (χ4v) is 3.64. The SMILES string of the molecule is Cc1ccc(NC(=O)COc2ccc3ccccc3c2)cc1N1CCCCC1=O. The monoisotopic (exact) mass is 388 g/mol. The van der Waals surface area contributed by atoms with Crippen molar-refractivity contribution in [2.75, 3.05) is 23.4 Å². The Morgan fingerprint density at radius 3 is 2.69 bits per heavy atom. The molecular weight excluding hydrogens is 364 g/mol. The van der Waals surface area contributed by atoms with Crippen LogP contribution in [0.2, 0.25) is 0 Å². The number of anilines is 2. The van der Waals surface area contributed by atoms with Crippen molar-refractivity contribution in [1.82, 2.24) is 0 Å². The lowest BCUT2D eigenvalue weighted by Crippen LogP contribution is -2.35. The predicted octanol–water partition coefficient (Wildman–Crippen LogP) is 4.68. The maximum Gasteiger partial charge on any atom is 0.262 e. The minimum Gasteiger partial charge on any atom is -0.484 e. The van der Waals surface area contributed by atoms with Gasteiger partial charge in [-0.1, -0.05) is 36.4 Å². The van der Waals surface area contributed by atoms with Gasteiger partial charge in [0.2, 0.25) is 5.91 Å². The van der Waals surface area contributed by atoms with Crippen molar-refractivity contribution < 1.29 is 14.3 Å². The summed E-state index contributed by atoms with van der Waals surface area (Å²) in [5.41, 5.74) is 2.55. The Hall–Kier alpha value is -3.34. The smallest absolute Gasteiger partial charge is 0.262 e. The molecule has 1 aliphatic heterocycles. The minimum absolute atomic E-state index is 0.0792. The molecule has 1 aliphatic rings. The van der Waals surface area contributed by atoms with Crippen LogP contribution in [0.5, 0.6) is 5.75 Å². The number of nitrogens with one attached hydrogen (secondary N) is 1. The fraction of sp³-hybridized carbons (Fsp3) is 0.250. The zero-order chi connectivity index (χ0) is 20.2.